The predicted octanol–water partition coefficient (Wildman–Crippen LogP) is 2.59. The molecule has 0 aliphatic carbocycles. The van der Waals surface area contributed by atoms with Gasteiger partial charge in [0.2, 0.25) is 6.10 Å². The summed E-state index contributed by atoms with van der Waals surface area (Å²) in [6.45, 7) is 7.66. The summed E-state index contributed by atoms with van der Waals surface area (Å²) in [5.41, 5.74) is -0.484. The van der Waals surface area contributed by atoms with Crippen molar-refractivity contribution >= 4 is 12.0 Å². The molecule has 1 atom stereocenters. The molecule has 1 aromatic rings. The molecule has 1 saturated heterocycles. The van der Waals surface area contributed by atoms with Gasteiger partial charge in [0, 0.05) is 19.6 Å². The van der Waals surface area contributed by atoms with Crippen molar-refractivity contribution in [3.63, 3.8) is 0 Å². The largest absolute Gasteiger partial charge is 0.485 e. The third-order valence-corrected chi connectivity index (χ3v) is 4.63. The SMILES string of the molecule is CC(C)(C)OC(=O)N1CCC(CNC(=O)[C@H]2COc3ccccc3O2)CC1. The number of fused-ring (bicyclic) bond motifs is 1. The van der Waals surface area contributed by atoms with Crippen molar-refractivity contribution in [2.75, 3.05) is 26.2 Å². The predicted molar refractivity (Wildman–Crippen MR) is 99.9 cm³/mol. The van der Waals surface area contributed by atoms with Gasteiger partial charge < -0.3 is 24.4 Å². The van der Waals surface area contributed by atoms with Gasteiger partial charge in [0.15, 0.2) is 11.5 Å². The van der Waals surface area contributed by atoms with Crippen LogP contribution in [0.25, 0.3) is 0 Å². The number of para-hydroxylation sites is 2. The molecule has 0 aromatic heterocycles. The fraction of sp³-hybridized carbons (Fsp3) is 0.600. The van der Waals surface area contributed by atoms with Gasteiger partial charge in [0.25, 0.3) is 5.91 Å². The molecule has 27 heavy (non-hydrogen) atoms. The van der Waals surface area contributed by atoms with Gasteiger partial charge in [0.05, 0.1) is 0 Å². The minimum Gasteiger partial charge on any atom is -0.485 e. The molecule has 2 aliphatic heterocycles. The molecule has 2 aliphatic rings. The van der Waals surface area contributed by atoms with Gasteiger partial charge >= 0.3 is 6.09 Å². The highest BCUT2D eigenvalue weighted by Gasteiger charge is 2.30. The molecule has 7 heteroatoms. The first-order valence-electron chi connectivity index (χ1n) is 9.46. The van der Waals surface area contributed by atoms with Gasteiger partial charge in [-0.1, -0.05) is 12.1 Å². The summed E-state index contributed by atoms with van der Waals surface area (Å²) in [4.78, 5) is 26.2. The van der Waals surface area contributed by atoms with Crippen LogP contribution in [-0.4, -0.2) is 54.8 Å². The van der Waals surface area contributed by atoms with Crippen molar-refractivity contribution in [1.82, 2.24) is 10.2 Å². The molecular weight excluding hydrogens is 348 g/mol. The van der Waals surface area contributed by atoms with Gasteiger partial charge in [-0.05, 0) is 51.7 Å². The van der Waals surface area contributed by atoms with Crippen LogP contribution in [0.2, 0.25) is 0 Å². The maximum Gasteiger partial charge on any atom is 0.410 e. The Labute approximate surface area is 160 Å². The number of rotatable bonds is 3. The zero-order chi connectivity index (χ0) is 19.4. The van der Waals surface area contributed by atoms with E-state index in [0.717, 1.165) is 12.8 Å². The van der Waals surface area contributed by atoms with Crippen LogP contribution in [0.5, 0.6) is 11.5 Å². The lowest BCUT2D eigenvalue weighted by Crippen LogP contribution is -2.47. The lowest BCUT2D eigenvalue weighted by Gasteiger charge is -2.33. The summed E-state index contributed by atoms with van der Waals surface area (Å²) < 4.78 is 16.7. The maximum absolute atomic E-state index is 12.4. The van der Waals surface area contributed by atoms with E-state index >= 15 is 0 Å². The van der Waals surface area contributed by atoms with Gasteiger partial charge in [-0.2, -0.15) is 0 Å². The molecule has 0 saturated carbocycles. The summed E-state index contributed by atoms with van der Waals surface area (Å²) in [5.74, 6) is 1.43. The third kappa shape index (κ3) is 5.28. The lowest BCUT2D eigenvalue weighted by atomic mass is 9.97. The molecular formula is C20H28N2O5. The van der Waals surface area contributed by atoms with Crippen LogP contribution in [0.4, 0.5) is 4.79 Å². The molecule has 0 bridgehead atoms. The van der Waals surface area contributed by atoms with E-state index < -0.39 is 11.7 Å². The van der Waals surface area contributed by atoms with Crippen molar-refractivity contribution < 1.29 is 23.8 Å². The highest BCUT2D eigenvalue weighted by atomic mass is 16.6. The second-order valence-electron chi connectivity index (χ2n) is 8.02. The summed E-state index contributed by atoms with van der Waals surface area (Å²) in [7, 11) is 0. The van der Waals surface area contributed by atoms with Gasteiger partial charge in [0.1, 0.15) is 12.2 Å². The molecule has 7 nitrogen and oxygen atoms in total. The van der Waals surface area contributed by atoms with Gasteiger partial charge in [-0.3, -0.25) is 4.79 Å². The molecule has 0 spiro atoms. The highest BCUT2D eigenvalue weighted by molar-refractivity contribution is 5.81. The Balaban J connectivity index is 1.40. The number of hydrogen-bond donors (Lipinski definition) is 1. The number of benzene rings is 1. The van der Waals surface area contributed by atoms with E-state index in [4.69, 9.17) is 14.2 Å². The Morgan fingerprint density at radius 3 is 2.52 bits per heavy atom. The zero-order valence-corrected chi connectivity index (χ0v) is 16.2. The Kier molecular flexibility index (Phi) is 5.77. The standard InChI is InChI=1S/C20H28N2O5/c1-20(2,3)27-19(24)22-10-8-14(9-11-22)12-21-18(23)17-13-25-15-6-4-5-7-16(15)26-17/h4-7,14,17H,8-13H2,1-3H3,(H,21,23)/t17-/m1/s1. The monoisotopic (exact) mass is 376 g/mol. The number of nitrogens with zero attached hydrogens (tertiary/aromatic N) is 1. The highest BCUT2D eigenvalue weighted by Crippen LogP contribution is 2.30. The van der Waals surface area contributed by atoms with Crippen molar-refractivity contribution in [3.05, 3.63) is 24.3 Å². The van der Waals surface area contributed by atoms with E-state index in [1.54, 1.807) is 11.0 Å². The number of hydrogen-bond acceptors (Lipinski definition) is 5. The van der Waals surface area contributed by atoms with E-state index in [1.807, 2.05) is 39.0 Å². The number of amides is 2. The molecule has 0 radical (unpaired) electrons. The Morgan fingerprint density at radius 2 is 1.85 bits per heavy atom. The molecule has 0 unspecified atom stereocenters. The van der Waals surface area contributed by atoms with Crippen LogP contribution >= 0.6 is 0 Å². The smallest absolute Gasteiger partial charge is 0.410 e. The van der Waals surface area contributed by atoms with Gasteiger partial charge in [-0.15, -0.1) is 0 Å². The van der Waals surface area contributed by atoms with Crippen LogP contribution in [0.3, 0.4) is 0 Å². The number of carbonyl (C=O) groups excluding carboxylic acids is 2. The minimum absolute atomic E-state index is 0.168. The minimum atomic E-state index is -0.637. The number of nitrogens with one attached hydrogen (secondary N) is 1. The lowest BCUT2D eigenvalue weighted by molar-refractivity contribution is -0.130. The van der Waals surface area contributed by atoms with Crippen LogP contribution in [0.1, 0.15) is 33.6 Å². The number of carbonyl (C=O) groups is 2. The first-order valence-corrected chi connectivity index (χ1v) is 9.46. The van der Waals surface area contributed by atoms with Crippen LogP contribution in [0, 0.1) is 5.92 Å². The average molecular weight is 376 g/mol. The van der Waals surface area contributed by atoms with Crippen LogP contribution in [-0.2, 0) is 9.53 Å². The molecule has 1 aromatic carbocycles. The second kappa shape index (κ2) is 8.06. The van der Waals surface area contributed by atoms with Crippen molar-refractivity contribution in [3.8, 4) is 11.5 Å². The maximum atomic E-state index is 12.4. The van der Waals surface area contributed by atoms with Crippen molar-refractivity contribution in [1.29, 1.82) is 0 Å². The van der Waals surface area contributed by atoms with Crippen molar-refractivity contribution in [2.45, 2.75) is 45.3 Å². The summed E-state index contributed by atoms with van der Waals surface area (Å²) >= 11 is 0. The quantitative estimate of drug-likeness (QED) is 0.877. The molecule has 1 N–H and O–H groups in total. The van der Waals surface area contributed by atoms with E-state index in [0.29, 0.717) is 37.1 Å². The molecule has 148 valence electrons. The Morgan fingerprint density at radius 1 is 1.19 bits per heavy atom. The first kappa shape index (κ1) is 19.3. The summed E-state index contributed by atoms with van der Waals surface area (Å²) in [6.07, 6.45) is 0.771. The normalized spacial score (nSPS) is 20.1. The van der Waals surface area contributed by atoms with Crippen molar-refractivity contribution in [2.24, 2.45) is 5.92 Å². The summed E-state index contributed by atoms with van der Waals surface area (Å²) in [5, 5.41) is 2.96. The molecule has 3 rings (SSSR count). The number of piperidine rings is 1. The fourth-order valence-corrected chi connectivity index (χ4v) is 3.15. The van der Waals surface area contributed by atoms with E-state index in [9.17, 15) is 9.59 Å². The molecule has 2 heterocycles. The van der Waals surface area contributed by atoms with E-state index in [1.165, 1.54) is 0 Å². The van der Waals surface area contributed by atoms with Crippen LogP contribution < -0.4 is 14.8 Å². The van der Waals surface area contributed by atoms with E-state index in [-0.39, 0.29) is 18.6 Å². The van der Waals surface area contributed by atoms with Gasteiger partial charge in [-0.25, -0.2) is 4.79 Å². The Bertz CT molecular complexity index is 677. The van der Waals surface area contributed by atoms with E-state index in [2.05, 4.69) is 5.32 Å². The zero-order valence-electron chi connectivity index (χ0n) is 16.2. The first-order chi connectivity index (χ1) is 12.8. The second-order valence-corrected chi connectivity index (χ2v) is 8.02. The average Bonchev–Trinajstić information content (AvgIpc) is 2.64. The van der Waals surface area contributed by atoms with Crippen LogP contribution in [0.15, 0.2) is 24.3 Å². The molecule has 2 amide bonds. The number of ether oxygens (including phenoxy) is 3. The topological polar surface area (TPSA) is 77.1 Å². The number of likely N-dealkylation sites (tertiary alicyclic amines) is 1. The Hall–Kier alpha value is -2.44. The summed E-state index contributed by atoms with van der Waals surface area (Å²) in [6, 6.07) is 7.33. The third-order valence-electron chi connectivity index (χ3n) is 4.63. The fourth-order valence-electron chi connectivity index (χ4n) is 3.15. The molecule has 1 fully saturated rings.